The molecule has 3 rings (SSSR count). The third-order valence-corrected chi connectivity index (χ3v) is 4.51. The van der Waals surface area contributed by atoms with E-state index in [1.54, 1.807) is 66.9 Å². The summed E-state index contributed by atoms with van der Waals surface area (Å²) in [6.45, 7) is 2.29. The molecule has 4 N–H and O–H groups in total. The van der Waals surface area contributed by atoms with Crippen LogP contribution in [0.1, 0.15) is 35.9 Å². The zero-order valence-corrected chi connectivity index (χ0v) is 17.8. The minimum Gasteiger partial charge on any atom is -0.467 e. The van der Waals surface area contributed by atoms with Crippen LogP contribution in [0.2, 0.25) is 0 Å². The second-order valence-electron chi connectivity index (χ2n) is 7.12. The van der Waals surface area contributed by atoms with Crippen LogP contribution in [0, 0.1) is 0 Å². The first-order chi connectivity index (χ1) is 15.5. The number of carbonyl (C=O) groups is 3. The van der Waals surface area contributed by atoms with Gasteiger partial charge < -0.3 is 25.7 Å². The Balaban J connectivity index is 1.47. The quantitative estimate of drug-likeness (QED) is 0.385. The standard InChI is InChI=1S/C24H26N4O4/c1-2-5-22(29)27-19-11-9-18(10-12-19)25-16-23(30)28-20-7-3-6-17(14-20)24(31)26-15-21-8-4-13-32-21/h3-4,6-14,25H,2,5,15-16H2,1H3,(H,26,31)(H,27,29)(H,28,30). The van der Waals surface area contributed by atoms with Crippen molar-refractivity contribution >= 4 is 34.8 Å². The van der Waals surface area contributed by atoms with E-state index in [0.29, 0.717) is 29.1 Å². The maximum Gasteiger partial charge on any atom is 0.251 e. The largest absolute Gasteiger partial charge is 0.467 e. The zero-order chi connectivity index (χ0) is 22.8. The smallest absolute Gasteiger partial charge is 0.251 e. The molecule has 0 fully saturated rings. The summed E-state index contributed by atoms with van der Waals surface area (Å²) in [7, 11) is 0. The highest BCUT2D eigenvalue weighted by atomic mass is 16.3. The van der Waals surface area contributed by atoms with E-state index in [1.165, 1.54) is 0 Å². The van der Waals surface area contributed by atoms with Crippen LogP contribution in [0.4, 0.5) is 17.1 Å². The van der Waals surface area contributed by atoms with Gasteiger partial charge in [0, 0.05) is 29.0 Å². The Bertz CT molecular complexity index is 1050. The maximum atomic E-state index is 12.3. The fraction of sp³-hybridized carbons (Fsp3) is 0.208. The average Bonchev–Trinajstić information content (AvgIpc) is 3.31. The molecule has 0 aliphatic carbocycles. The van der Waals surface area contributed by atoms with Gasteiger partial charge in [-0.3, -0.25) is 14.4 Å². The molecule has 166 valence electrons. The van der Waals surface area contributed by atoms with Crippen molar-refractivity contribution in [3.8, 4) is 0 Å². The lowest BCUT2D eigenvalue weighted by Gasteiger charge is -2.10. The fourth-order valence-corrected chi connectivity index (χ4v) is 2.93. The minimum atomic E-state index is -0.262. The molecule has 0 saturated heterocycles. The summed E-state index contributed by atoms with van der Waals surface area (Å²) in [5, 5.41) is 11.4. The molecular formula is C24H26N4O4. The molecule has 3 amide bonds. The molecular weight excluding hydrogens is 408 g/mol. The summed E-state index contributed by atoms with van der Waals surface area (Å²) >= 11 is 0. The highest BCUT2D eigenvalue weighted by molar-refractivity contribution is 5.98. The Morgan fingerprint density at radius 3 is 2.31 bits per heavy atom. The van der Waals surface area contributed by atoms with E-state index < -0.39 is 0 Å². The summed E-state index contributed by atoms with van der Waals surface area (Å²) in [6, 6.07) is 17.4. The van der Waals surface area contributed by atoms with Crippen LogP contribution in [0.3, 0.4) is 0 Å². The normalized spacial score (nSPS) is 10.3. The third kappa shape index (κ3) is 7.02. The van der Waals surface area contributed by atoms with Crippen LogP contribution < -0.4 is 21.3 Å². The SMILES string of the molecule is CCCC(=O)Nc1ccc(NCC(=O)Nc2cccc(C(=O)NCc3ccco3)c2)cc1. The number of nitrogens with one attached hydrogen (secondary N) is 4. The van der Waals surface area contributed by atoms with Crippen molar-refractivity contribution in [1.29, 1.82) is 0 Å². The lowest BCUT2D eigenvalue weighted by molar-refractivity contribution is -0.116. The summed E-state index contributed by atoms with van der Waals surface area (Å²) < 4.78 is 5.20. The van der Waals surface area contributed by atoms with E-state index in [9.17, 15) is 14.4 Å². The van der Waals surface area contributed by atoms with Gasteiger partial charge in [-0.15, -0.1) is 0 Å². The van der Waals surface area contributed by atoms with E-state index in [-0.39, 0.29) is 30.8 Å². The van der Waals surface area contributed by atoms with Gasteiger partial charge in [-0.1, -0.05) is 13.0 Å². The van der Waals surface area contributed by atoms with Gasteiger partial charge in [0.05, 0.1) is 19.4 Å². The van der Waals surface area contributed by atoms with Crippen molar-refractivity contribution in [2.45, 2.75) is 26.3 Å². The number of rotatable bonds is 10. The van der Waals surface area contributed by atoms with E-state index in [4.69, 9.17) is 4.42 Å². The molecule has 32 heavy (non-hydrogen) atoms. The van der Waals surface area contributed by atoms with Crippen molar-refractivity contribution in [3.05, 3.63) is 78.3 Å². The monoisotopic (exact) mass is 434 g/mol. The number of amides is 3. The molecule has 0 aliphatic rings. The molecule has 8 heteroatoms. The molecule has 0 saturated carbocycles. The van der Waals surface area contributed by atoms with E-state index >= 15 is 0 Å². The fourth-order valence-electron chi connectivity index (χ4n) is 2.93. The zero-order valence-electron chi connectivity index (χ0n) is 17.8. The Morgan fingerprint density at radius 2 is 1.59 bits per heavy atom. The first kappa shape index (κ1) is 22.6. The van der Waals surface area contributed by atoms with E-state index in [0.717, 1.165) is 12.1 Å². The van der Waals surface area contributed by atoms with Gasteiger partial charge in [0.25, 0.3) is 5.91 Å². The van der Waals surface area contributed by atoms with Crippen molar-refractivity contribution < 1.29 is 18.8 Å². The number of carbonyl (C=O) groups excluding carboxylic acids is 3. The van der Waals surface area contributed by atoms with Crippen LogP contribution >= 0.6 is 0 Å². The lowest BCUT2D eigenvalue weighted by atomic mass is 10.2. The molecule has 0 unspecified atom stereocenters. The Morgan fingerprint density at radius 1 is 0.844 bits per heavy atom. The number of furan rings is 1. The second kappa shape index (κ2) is 11.4. The van der Waals surface area contributed by atoms with Crippen molar-refractivity contribution in [2.24, 2.45) is 0 Å². The van der Waals surface area contributed by atoms with Crippen molar-refractivity contribution in [3.63, 3.8) is 0 Å². The summed E-state index contributed by atoms with van der Waals surface area (Å²) in [6.07, 6.45) is 2.82. The molecule has 0 atom stereocenters. The Labute approximate surface area is 186 Å². The summed E-state index contributed by atoms with van der Waals surface area (Å²) in [4.78, 5) is 36.2. The van der Waals surface area contributed by atoms with Crippen LogP contribution in [0.25, 0.3) is 0 Å². The molecule has 0 spiro atoms. The molecule has 1 heterocycles. The lowest BCUT2D eigenvalue weighted by Crippen LogP contribution is -2.24. The maximum absolute atomic E-state index is 12.3. The van der Waals surface area contributed by atoms with Crippen LogP contribution in [-0.4, -0.2) is 24.3 Å². The van der Waals surface area contributed by atoms with Gasteiger partial charge in [0.15, 0.2) is 0 Å². The highest BCUT2D eigenvalue weighted by Gasteiger charge is 2.09. The number of anilines is 3. The van der Waals surface area contributed by atoms with Gasteiger partial charge in [-0.25, -0.2) is 0 Å². The van der Waals surface area contributed by atoms with Gasteiger partial charge in [-0.05, 0) is 61.0 Å². The Hall–Kier alpha value is -4.07. The van der Waals surface area contributed by atoms with Crippen molar-refractivity contribution in [1.82, 2.24) is 5.32 Å². The molecule has 0 radical (unpaired) electrons. The second-order valence-corrected chi connectivity index (χ2v) is 7.12. The number of hydrogen-bond acceptors (Lipinski definition) is 5. The summed E-state index contributed by atoms with van der Waals surface area (Å²) in [5.41, 5.74) is 2.42. The first-order valence-corrected chi connectivity index (χ1v) is 10.4. The predicted octanol–water partition coefficient (Wildman–Crippen LogP) is 4.00. The van der Waals surface area contributed by atoms with Gasteiger partial charge in [0.2, 0.25) is 11.8 Å². The van der Waals surface area contributed by atoms with Crippen molar-refractivity contribution in [2.75, 3.05) is 22.5 Å². The van der Waals surface area contributed by atoms with E-state index in [2.05, 4.69) is 21.3 Å². The number of benzene rings is 2. The van der Waals surface area contributed by atoms with E-state index in [1.807, 2.05) is 6.92 Å². The first-order valence-electron chi connectivity index (χ1n) is 10.4. The molecule has 8 nitrogen and oxygen atoms in total. The molecule has 0 aliphatic heterocycles. The predicted molar refractivity (Wildman–Crippen MR) is 123 cm³/mol. The summed E-state index contributed by atoms with van der Waals surface area (Å²) in [5.74, 6) is 0.120. The van der Waals surface area contributed by atoms with Crippen LogP contribution in [0.5, 0.6) is 0 Å². The molecule has 3 aromatic rings. The molecule has 2 aromatic carbocycles. The van der Waals surface area contributed by atoms with Gasteiger partial charge >= 0.3 is 0 Å². The topological polar surface area (TPSA) is 112 Å². The Kier molecular flexibility index (Phi) is 8.02. The number of hydrogen-bond donors (Lipinski definition) is 4. The van der Waals surface area contributed by atoms with Crippen LogP contribution in [0.15, 0.2) is 71.3 Å². The minimum absolute atomic E-state index is 0.0236. The molecule has 0 bridgehead atoms. The third-order valence-electron chi connectivity index (χ3n) is 4.51. The van der Waals surface area contributed by atoms with Gasteiger partial charge in [-0.2, -0.15) is 0 Å². The van der Waals surface area contributed by atoms with Gasteiger partial charge in [0.1, 0.15) is 5.76 Å². The highest BCUT2D eigenvalue weighted by Crippen LogP contribution is 2.15. The average molecular weight is 434 g/mol. The van der Waals surface area contributed by atoms with Crippen LogP contribution in [-0.2, 0) is 16.1 Å². The molecule has 1 aromatic heterocycles.